The minimum Gasteiger partial charge on any atom is -0.439 e. The van der Waals surface area contributed by atoms with Crippen LogP contribution in [-0.4, -0.2) is 9.91 Å². The molecule has 1 aromatic heterocycles. The fraction of sp³-hybridized carbons (Fsp3) is 0.154. The normalized spacial score (nSPS) is 10.2. The summed E-state index contributed by atoms with van der Waals surface area (Å²) in [5.74, 6) is 0.932. The predicted octanol–water partition coefficient (Wildman–Crippen LogP) is 2.55. The number of aromatic nitrogens is 1. The smallest absolute Gasteiger partial charge is 0.290 e. The first kappa shape index (κ1) is 13.0. The molecule has 0 aliphatic heterocycles. The van der Waals surface area contributed by atoms with Crippen molar-refractivity contribution in [2.24, 2.45) is 5.73 Å². The Morgan fingerprint density at radius 2 is 2.05 bits per heavy atom. The van der Waals surface area contributed by atoms with Crippen molar-refractivity contribution in [3.8, 4) is 11.6 Å². The lowest BCUT2D eigenvalue weighted by Crippen LogP contribution is -1.96. The lowest BCUT2D eigenvalue weighted by atomic mass is 10.2. The quantitative estimate of drug-likeness (QED) is 0.673. The zero-order valence-electron chi connectivity index (χ0n) is 10.4. The van der Waals surface area contributed by atoms with Gasteiger partial charge in [0.05, 0.1) is 4.92 Å². The lowest BCUT2D eigenvalue weighted by molar-refractivity contribution is -0.385. The van der Waals surface area contributed by atoms with Gasteiger partial charge in [0, 0.05) is 18.2 Å². The fourth-order valence-electron chi connectivity index (χ4n) is 1.58. The second kappa shape index (κ2) is 5.45. The Hall–Kier alpha value is -2.47. The summed E-state index contributed by atoms with van der Waals surface area (Å²) in [4.78, 5) is 14.1. The van der Waals surface area contributed by atoms with Crippen molar-refractivity contribution in [2.75, 3.05) is 0 Å². The van der Waals surface area contributed by atoms with Gasteiger partial charge in [0.2, 0.25) is 5.88 Å². The highest BCUT2D eigenvalue weighted by Crippen LogP contribution is 2.24. The molecule has 98 valence electrons. The largest absolute Gasteiger partial charge is 0.439 e. The Kier molecular flexibility index (Phi) is 3.72. The molecule has 0 fully saturated rings. The molecule has 19 heavy (non-hydrogen) atoms. The van der Waals surface area contributed by atoms with Gasteiger partial charge >= 0.3 is 0 Å². The number of hydrogen-bond donors (Lipinski definition) is 1. The molecule has 0 saturated carbocycles. The van der Waals surface area contributed by atoms with Crippen LogP contribution in [0.5, 0.6) is 11.6 Å². The van der Waals surface area contributed by atoms with E-state index in [-0.39, 0.29) is 5.69 Å². The monoisotopic (exact) mass is 259 g/mol. The van der Waals surface area contributed by atoms with Crippen LogP contribution in [0, 0.1) is 17.0 Å². The summed E-state index contributed by atoms with van der Waals surface area (Å²) in [5.41, 5.74) is 6.99. The first-order valence-corrected chi connectivity index (χ1v) is 5.68. The van der Waals surface area contributed by atoms with Gasteiger partial charge in [-0.3, -0.25) is 10.1 Å². The van der Waals surface area contributed by atoms with Gasteiger partial charge in [-0.05, 0) is 24.6 Å². The molecule has 0 radical (unpaired) electrons. The molecule has 0 saturated heterocycles. The van der Waals surface area contributed by atoms with E-state index >= 15 is 0 Å². The van der Waals surface area contributed by atoms with E-state index in [4.69, 9.17) is 10.5 Å². The van der Waals surface area contributed by atoms with Crippen LogP contribution in [0.1, 0.15) is 11.1 Å². The Balaban J connectivity index is 2.18. The third-order valence-electron chi connectivity index (χ3n) is 2.64. The molecule has 0 aliphatic rings. The van der Waals surface area contributed by atoms with Gasteiger partial charge in [-0.2, -0.15) is 0 Å². The zero-order valence-corrected chi connectivity index (χ0v) is 10.4. The average molecular weight is 259 g/mol. The first-order valence-electron chi connectivity index (χ1n) is 5.68. The van der Waals surface area contributed by atoms with Crippen molar-refractivity contribution >= 4 is 5.69 Å². The Labute approximate surface area is 110 Å². The summed E-state index contributed by atoms with van der Waals surface area (Å²) in [6.07, 6.45) is 1.19. The number of rotatable bonds is 4. The van der Waals surface area contributed by atoms with E-state index < -0.39 is 4.92 Å². The number of ether oxygens (including phenoxy) is 1. The highest BCUT2D eigenvalue weighted by Gasteiger charge is 2.12. The Morgan fingerprint density at radius 1 is 1.37 bits per heavy atom. The van der Waals surface area contributed by atoms with Gasteiger partial charge < -0.3 is 10.5 Å². The number of benzene rings is 1. The van der Waals surface area contributed by atoms with Crippen molar-refractivity contribution in [1.82, 2.24) is 4.98 Å². The number of pyridine rings is 1. The summed E-state index contributed by atoms with van der Waals surface area (Å²) >= 11 is 0. The van der Waals surface area contributed by atoms with Gasteiger partial charge in [-0.15, -0.1) is 0 Å². The summed E-state index contributed by atoms with van der Waals surface area (Å²) in [7, 11) is 0. The van der Waals surface area contributed by atoms with E-state index in [1.54, 1.807) is 19.1 Å². The summed E-state index contributed by atoms with van der Waals surface area (Å²) in [6, 6.07) is 8.80. The van der Waals surface area contributed by atoms with E-state index in [2.05, 4.69) is 4.98 Å². The second-order valence-corrected chi connectivity index (χ2v) is 4.02. The minimum absolute atomic E-state index is 0.0224. The molecule has 2 rings (SSSR count). The van der Waals surface area contributed by atoms with Crippen LogP contribution in [-0.2, 0) is 6.54 Å². The number of nitrogens with zero attached hydrogens (tertiary/aromatic N) is 2. The molecule has 6 heteroatoms. The summed E-state index contributed by atoms with van der Waals surface area (Å²) in [5, 5.41) is 10.7. The van der Waals surface area contributed by atoms with Crippen LogP contribution in [0.25, 0.3) is 0 Å². The molecule has 0 bridgehead atoms. The van der Waals surface area contributed by atoms with Crippen LogP contribution < -0.4 is 10.5 Å². The topological polar surface area (TPSA) is 91.3 Å². The van der Waals surface area contributed by atoms with E-state index in [1.165, 1.54) is 12.3 Å². The maximum absolute atomic E-state index is 10.7. The van der Waals surface area contributed by atoms with Crippen molar-refractivity contribution in [3.63, 3.8) is 0 Å². The minimum atomic E-state index is -0.470. The maximum Gasteiger partial charge on any atom is 0.290 e. The molecular weight excluding hydrogens is 246 g/mol. The molecule has 0 spiro atoms. The second-order valence-electron chi connectivity index (χ2n) is 4.02. The molecule has 2 N–H and O–H groups in total. The highest BCUT2D eigenvalue weighted by atomic mass is 16.6. The van der Waals surface area contributed by atoms with Crippen molar-refractivity contribution < 1.29 is 9.66 Å². The average Bonchev–Trinajstić information content (AvgIpc) is 2.39. The van der Waals surface area contributed by atoms with Crippen LogP contribution in [0.15, 0.2) is 36.5 Å². The molecule has 0 amide bonds. The molecule has 0 atom stereocenters. The molecule has 6 nitrogen and oxygen atoms in total. The molecule has 0 aliphatic carbocycles. The van der Waals surface area contributed by atoms with Crippen LogP contribution in [0.4, 0.5) is 5.69 Å². The van der Waals surface area contributed by atoms with Crippen molar-refractivity contribution in [2.45, 2.75) is 13.5 Å². The van der Waals surface area contributed by atoms with Gasteiger partial charge in [0.15, 0.2) is 0 Å². The standard InChI is InChI=1S/C13H13N3O3/c1-9-6-13(15-8-12(9)16(17)18)19-11-4-2-10(7-14)3-5-11/h2-6,8H,7,14H2,1H3. The van der Waals surface area contributed by atoms with Gasteiger partial charge in [0.25, 0.3) is 5.69 Å². The Bertz CT molecular complexity index is 597. The van der Waals surface area contributed by atoms with E-state index in [0.717, 1.165) is 5.56 Å². The highest BCUT2D eigenvalue weighted by molar-refractivity contribution is 5.40. The molecule has 1 aromatic carbocycles. The molecule has 2 aromatic rings. The van der Waals surface area contributed by atoms with Crippen LogP contribution >= 0.6 is 0 Å². The van der Waals surface area contributed by atoms with E-state index in [9.17, 15) is 10.1 Å². The fourth-order valence-corrected chi connectivity index (χ4v) is 1.58. The Morgan fingerprint density at radius 3 is 2.58 bits per heavy atom. The van der Waals surface area contributed by atoms with E-state index in [1.807, 2.05) is 12.1 Å². The first-order chi connectivity index (χ1) is 9.10. The van der Waals surface area contributed by atoms with Gasteiger partial charge in [-0.1, -0.05) is 12.1 Å². The number of nitro groups is 1. The van der Waals surface area contributed by atoms with Crippen molar-refractivity contribution in [3.05, 3.63) is 57.8 Å². The molecular formula is C13H13N3O3. The van der Waals surface area contributed by atoms with Crippen LogP contribution in [0.3, 0.4) is 0 Å². The third kappa shape index (κ3) is 3.05. The molecule has 0 unspecified atom stereocenters. The summed E-state index contributed by atoms with van der Waals surface area (Å²) < 4.78 is 5.52. The van der Waals surface area contributed by atoms with Crippen molar-refractivity contribution in [1.29, 1.82) is 0 Å². The SMILES string of the molecule is Cc1cc(Oc2ccc(CN)cc2)ncc1[N+](=O)[O-]. The van der Waals surface area contributed by atoms with Gasteiger partial charge in [-0.25, -0.2) is 4.98 Å². The molecule has 1 heterocycles. The van der Waals surface area contributed by atoms with E-state index in [0.29, 0.717) is 23.7 Å². The lowest BCUT2D eigenvalue weighted by Gasteiger charge is -2.06. The number of aryl methyl sites for hydroxylation is 1. The predicted molar refractivity (Wildman–Crippen MR) is 70.0 cm³/mol. The number of hydrogen-bond acceptors (Lipinski definition) is 5. The van der Waals surface area contributed by atoms with Gasteiger partial charge in [0.1, 0.15) is 11.9 Å². The van der Waals surface area contributed by atoms with Crippen LogP contribution in [0.2, 0.25) is 0 Å². The third-order valence-corrected chi connectivity index (χ3v) is 2.64. The maximum atomic E-state index is 10.7. The summed E-state index contributed by atoms with van der Waals surface area (Å²) in [6.45, 7) is 2.11. The zero-order chi connectivity index (χ0) is 13.8. The number of nitrogens with two attached hydrogens (primary N) is 1.